The zero-order valence-electron chi connectivity index (χ0n) is 29.8. The van der Waals surface area contributed by atoms with Gasteiger partial charge in [-0.25, -0.2) is 0 Å². The molecule has 5 heteroatoms. The Kier molecular flexibility index (Phi) is 6.89. The van der Waals surface area contributed by atoms with Gasteiger partial charge in [0.05, 0.1) is 18.3 Å². The van der Waals surface area contributed by atoms with E-state index in [0.717, 1.165) is 66.8 Å². The molecule has 4 heterocycles. The minimum absolute atomic E-state index is 0.0826. The Hall–Kier alpha value is -6.59. The molecule has 0 fully saturated rings. The van der Waals surface area contributed by atoms with Crippen molar-refractivity contribution < 1.29 is 9.53 Å². The molecule has 1 amide bonds. The number of carbonyl (C=O) groups excluding carboxylic acids is 1. The van der Waals surface area contributed by atoms with Gasteiger partial charge in [-0.1, -0.05) is 126 Å². The van der Waals surface area contributed by atoms with Gasteiger partial charge in [-0.05, 0) is 66.9 Å². The normalized spacial score (nSPS) is 16.0. The summed E-state index contributed by atoms with van der Waals surface area (Å²) in [5.41, 5.74) is 14.2. The van der Waals surface area contributed by atoms with E-state index in [1.54, 1.807) is 7.11 Å². The predicted molar refractivity (Wildman–Crippen MR) is 214 cm³/mol. The smallest absolute Gasteiger partial charge is 0.254 e. The topological polar surface area (TPSA) is 59.0 Å². The number of aryl methyl sites for hydroxylation is 2. The molecule has 53 heavy (non-hydrogen) atoms. The quantitative estimate of drug-likeness (QED) is 0.183. The molecule has 0 aliphatic carbocycles. The molecule has 6 aromatic carbocycles. The number of hydrogen-bond acceptors (Lipinski definition) is 2. The van der Waals surface area contributed by atoms with Crippen LogP contribution in [0.15, 0.2) is 152 Å². The second kappa shape index (κ2) is 11.7. The van der Waals surface area contributed by atoms with Gasteiger partial charge in [0, 0.05) is 55.7 Å². The van der Waals surface area contributed by atoms with Crippen molar-refractivity contribution in [3.63, 3.8) is 0 Å². The maximum absolute atomic E-state index is 13.9. The molecule has 2 N–H and O–H groups in total. The fourth-order valence-electron chi connectivity index (χ4n) is 8.94. The number of nitrogens with zero attached hydrogens (tertiary/aromatic N) is 1. The molecule has 8 aromatic rings. The Morgan fingerprint density at radius 3 is 2.11 bits per heavy atom. The average molecular weight is 688 g/mol. The highest BCUT2D eigenvalue weighted by Crippen LogP contribution is 2.55. The van der Waals surface area contributed by atoms with Crippen LogP contribution in [0.4, 0.5) is 0 Å². The Morgan fingerprint density at radius 2 is 1.38 bits per heavy atom. The number of aromatic nitrogens is 2. The summed E-state index contributed by atoms with van der Waals surface area (Å²) in [5.74, 6) is 0.592. The van der Waals surface area contributed by atoms with Crippen molar-refractivity contribution in [2.24, 2.45) is 0 Å². The highest BCUT2D eigenvalue weighted by molar-refractivity contribution is 6.14. The SMILES string of the molecule is COc1ccc2c(c1)c(-c1c(C(c3cccc(C)c3)c3cccc(C)c3)[nH]c3ccccc13)c1n2C2(C=C1c1ccccc1)NC(=O)c1ccccc12. The standard InChI is InChI=1S/C48H37N3O2/c1-29-13-11-17-32(25-29)42(33-18-12-14-30(2)26-33)45-43(36-20-8-10-22-40(36)49-45)44-37-27-34(53-3)23-24-41(37)51-46(44)38(31-15-5-4-6-16-31)28-48(51)39-21-9-7-19-35(39)47(52)50-48/h4-28,42,49H,1-3H3,(H,50,52). The summed E-state index contributed by atoms with van der Waals surface area (Å²) >= 11 is 0. The first kappa shape index (κ1) is 31.2. The van der Waals surface area contributed by atoms with Crippen LogP contribution in [0, 0.1) is 13.8 Å². The van der Waals surface area contributed by atoms with Gasteiger partial charge in [0.2, 0.25) is 0 Å². The molecule has 2 aliphatic rings. The summed E-state index contributed by atoms with van der Waals surface area (Å²) in [6.45, 7) is 4.32. The summed E-state index contributed by atoms with van der Waals surface area (Å²) < 4.78 is 8.29. The highest BCUT2D eigenvalue weighted by Gasteiger charge is 2.50. The van der Waals surface area contributed by atoms with Crippen molar-refractivity contribution in [1.82, 2.24) is 14.9 Å². The van der Waals surface area contributed by atoms with E-state index in [-0.39, 0.29) is 11.8 Å². The fraction of sp³-hybridized carbons (Fsp3) is 0.104. The monoisotopic (exact) mass is 687 g/mol. The van der Waals surface area contributed by atoms with Crippen LogP contribution in [0.3, 0.4) is 0 Å². The first-order valence-corrected chi connectivity index (χ1v) is 18.1. The largest absolute Gasteiger partial charge is 0.497 e. The maximum atomic E-state index is 13.9. The van der Waals surface area contributed by atoms with Gasteiger partial charge in [-0.3, -0.25) is 4.79 Å². The molecule has 0 radical (unpaired) electrons. The molecule has 2 aromatic heterocycles. The van der Waals surface area contributed by atoms with Crippen molar-refractivity contribution in [2.75, 3.05) is 7.11 Å². The zero-order chi connectivity index (χ0) is 35.8. The van der Waals surface area contributed by atoms with Crippen LogP contribution in [-0.4, -0.2) is 22.6 Å². The van der Waals surface area contributed by atoms with Crippen LogP contribution in [0.25, 0.3) is 38.5 Å². The first-order chi connectivity index (χ1) is 25.9. The van der Waals surface area contributed by atoms with E-state index in [1.807, 2.05) is 24.3 Å². The van der Waals surface area contributed by atoms with E-state index >= 15 is 0 Å². The van der Waals surface area contributed by atoms with Gasteiger partial charge in [0.1, 0.15) is 5.75 Å². The molecule has 10 rings (SSSR count). The summed E-state index contributed by atoms with van der Waals surface area (Å²) in [6.07, 6.45) is 2.27. The molecule has 0 bridgehead atoms. The molecular weight excluding hydrogens is 651 g/mol. The number of benzene rings is 6. The van der Waals surface area contributed by atoms with E-state index < -0.39 is 5.66 Å². The van der Waals surface area contributed by atoms with Crippen molar-refractivity contribution in [3.8, 4) is 16.9 Å². The number of aromatic amines is 1. The van der Waals surface area contributed by atoms with Crippen molar-refractivity contribution in [2.45, 2.75) is 25.4 Å². The molecule has 0 saturated carbocycles. The number of H-pyrrole nitrogens is 1. The lowest BCUT2D eigenvalue weighted by Crippen LogP contribution is -2.42. The van der Waals surface area contributed by atoms with E-state index in [4.69, 9.17) is 4.74 Å². The van der Waals surface area contributed by atoms with Crippen LogP contribution in [0.2, 0.25) is 0 Å². The fourth-order valence-corrected chi connectivity index (χ4v) is 8.94. The Morgan fingerprint density at radius 1 is 0.679 bits per heavy atom. The second-order valence-corrected chi connectivity index (χ2v) is 14.4. The lowest BCUT2D eigenvalue weighted by Gasteiger charge is -2.27. The van der Waals surface area contributed by atoms with Gasteiger partial charge in [-0.2, -0.15) is 0 Å². The van der Waals surface area contributed by atoms with E-state index in [9.17, 15) is 4.79 Å². The van der Waals surface area contributed by atoms with Crippen LogP contribution in [0.5, 0.6) is 5.75 Å². The molecule has 2 aliphatic heterocycles. The number of rotatable bonds is 6. The number of fused-ring (bicyclic) bond motifs is 7. The minimum Gasteiger partial charge on any atom is -0.497 e. The van der Waals surface area contributed by atoms with Gasteiger partial charge in [0.15, 0.2) is 5.66 Å². The van der Waals surface area contributed by atoms with Gasteiger partial charge < -0.3 is 19.6 Å². The van der Waals surface area contributed by atoms with Crippen LogP contribution >= 0.6 is 0 Å². The predicted octanol–water partition coefficient (Wildman–Crippen LogP) is 10.5. The summed E-state index contributed by atoms with van der Waals surface area (Å²) in [7, 11) is 1.72. The van der Waals surface area contributed by atoms with Gasteiger partial charge in [-0.15, -0.1) is 0 Å². The lowest BCUT2D eigenvalue weighted by atomic mass is 9.83. The Bertz CT molecular complexity index is 2760. The summed E-state index contributed by atoms with van der Waals surface area (Å²) in [5, 5.41) is 5.66. The van der Waals surface area contributed by atoms with Crippen molar-refractivity contribution in [3.05, 3.63) is 202 Å². The molecule has 1 unspecified atom stereocenters. The second-order valence-electron chi connectivity index (χ2n) is 14.4. The van der Waals surface area contributed by atoms with E-state index in [1.165, 1.54) is 22.3 Å². The third kappa shape index (κ3) is 4.60. The van der Waals surface area contributed by atoms with Gasteiger partial charge in [0.25, 0.3) is 5.91 Å². The first-order valence-electron chi connectivity index (χ1n) is 18.1. The number of hydrogen-bond donors (Lipinski definition) is 2. The lowest BCUT2D eigenvalue weighted by molar-refractivity contribution is 0.0937. The average Bonchev–Trinajstić information content (AvgIpc) is 3.90. The minimum atomic E-state index is -0.933. The third-order valence-electron chi connectivity index (χ3n) is 11.1. The van der Waals surface area contributed by atoms with Crippen molar-refractivity contribution >= 4 is 33.3 Å². The summed E-state index contributed by atoms with van der Waals surface area (Å²) in [4.78, 5) is 17.8. The molecule has 1 spiro atoms. The maximum Gasteiger partial charge on any atom is 0.254 e. The van der Waals surface area contributed by atoms with E-state index in [2.05, 4.69) is 156 Å². The molecule has 5 nitrogen and oxygen atoms in total. The number of methoxy groups -OCH3 is 1. The molecule has 1 atom stereocenters. The number of para-hydroxylation sites is 1. The highest BCUT2D eigenvalue weighted by atomic mass is 16.5. The van der Waals surface area contributed by atoms with Crippen LogP contribution in [0.1, 0.15) is 61.0 Å². The number of carbonyl (C=O) groups is 1. The number of amides is 1. The van der Waals surface area contributed by atoms with Crippen molar-refractivity contribution in [1.29, 1.82) is 0 Å². The molecule has 256 valence electrons. The number of nitrogens with one attached hydrogen (secondary N) is 2. The summed E-state index contributed by atoms with van der Waals surface area (Å²) in [6, 6.07) is 51.2. The Balaban J connectivity index is 1.38. The molecular formula is C48H37N3O2. The zero-order valence-corrected chi connectivity index (χ0v) is 29.8. The Labute approximate surface area is 308 Å². The molecule has 0 saturated heterocycles. The third-order valence-corrected chi connectivity index (χ3v) is 11.1. The number of ether oxygens (including phenoxy) is 1. The van der Waals surface area contributed by atoms with Crippen LogP contribution in [-0.2, 0) is 5.66 Å². The van der Waals surface area contributed by atoms with Gasteiger partial charge >= 0.3 is 0 Å². The van der Waals surface area contributed by atoms with E-state index in [0.29, 0.717) is 5.56 Å². The van der Waals surface area contributed by atoms with Crippen LogP contribution < -0.4 is 10.1 Å².